The van der Waals surface area contributed by atoms with Crippen LogP contribution in [0.1, 0.15) is 5.56 Å². The molecule has 0 saturated carbocycles. The predicted octanol–water partition coefficient (Wildman–Crippen LogP) is -0.455. The number of amides is 1. The third-order valence-corrected chi connectivity index (χ3v) is 1.99. The molecule has 0 atom stereocenters. The molecule has 0 spiro atoms. The Labute approximate surface area is 87.1 Å². The number of carbonyl (C=O) groups excluding carboxylic acids is 1. The third-order valence-electron chi connectivity index (χ3n) is 1.99. The van der Waals surface area contributed by atoms with E-state index in [1.54, 1.807) is 6.21 Å². The summed E-state index contributed by atoms with van der Waals surface area (Å²) in [4.78, 5) is 14.9. The Bertz CT molecular complexity index is 519. The van der Waals surface area contributed by atoms with Crippen molar-refractivity contribution in [1.82, 2.24) is 0 Å². The fourth-order valence-corrected chi connectivity index (χ4v) is 1.40. The monoisotopic (exact) mass is 208 g/mol. The van der Waals surface area contributed by atoms with Crippen LogP contribution >= 0.6 is 12.4 Å². The van der Waals surface area contributed by atoms with Crippen molar-refractivity contribution in [3.8, 4) is 0 Å². The first-order chi connectivity index (χ1) is 6.20. The van der Waals surface area contributed by atoms with E-state index in [1.165, 1.54) is 0 Å². The van der Waals surface area contributed by atoms with E-state index in [0.717, 1.165) is 16.0 Å². The zero-order valence-electron chi connectivity index (χ0n) is 7.36. The Balaban J connectivity index is 0.000000980. The maximum Gasteiger partial charge on any atom is 0.267 e. The first-order valence-electron chi connectivity index (χ1n) is 3.86. The Kier molecular flexibility index (Phi) is 2.72. The minimum Gasteiger partial charge on any atom is -0.364 e. The van der Waals surface area contributed by atoms with Gasteiger partial charge in [-0.25, -0.2) is 4.99 Å². The molecular formula is C10H9ClN2O. The molecule has 72 valence electrons. The van der Waals surface area contributed by atoms with Gasteiger partial charge in [-0.15, -0.1) is 12.4 Å². The SMILES string of the molecule is C=c1cccc2c1=C(C(N)=O)N=C2.Cl. The normalized spacial score (nSPS) is 12.1. The van der Waals surface area contributed by atoms with Gasteiger partial charge in [-0.05, 0) is 5.22 Å². The highest BCUT2D eigenvalue weighted by atomic mass is 35.5. The van der Waals surface area contributed by atoms with Crippen LogP contribution in [0.15, 0.2) is 23.2 Å². The summed E-state index contributed by atoms with van der Waals surface area (Å²) in [6, 6.07) is 5.58. The van der Waals surface area contributed by atoms with Crippen molar-refractivity contribution in [2.45, 2.75) is 0 Å². The van der Waals surface area contributed by atoms with E-state index in [1.807, 2.05) is 18.2 Å². The largest absolute Gasteiger partial charge is 0.364 e. The lowest BCUT2D eigenvalue weighted by Gasteiger charge is -1.92. The van der Waals surface area contributed by atoms with Gasteiger partial charge >= 0.3 is 0 Å². The standard InChI is InChI=1S/C10H8N2O.ClH/c1-6-3-2-4-7-5-12-9(8(6)7)10(11)13;/h2-5H,1H2,(H2,11,13);1H. The second-order valence-corrected chi connectivity index (χ2v) is 2.85. The summed E-state index contributed by atoms with van der Waals surface area (Å²) < 4.78 is 0. The summed E-state index contributed by atoms with van der Waals surface area (Å²) in [6.07, 6.45) is 1.63. The van der Waals surface area contributed by atoms with Crippen molar-refractivity contribution in [3.63, 3.8) is 0 Å². The van der Waals surface area contributed by atoms with Crippen LogP contribution in [0, 0.1) is 0 Å². The summed E-state index contributed by atoms with van der Waals surface area (Å²) in [5.74, 6) is -0.508. The van der Waals surface area contributed by atoms with E-state index in [2.05, 4.69) is 11.6 Å². The molecular weight excluding hydrogens is 200 g/mol. The first-order valence-corrected chi connectivity index (χ1v) is 3.86. The van der Waals surface area contributed by atoms with Crippen LogP contribution in [0.3, 0.4) is 0 Å². The van der Waals surface area contributed by atoms with Crippen molar-refractivity contribution in [1.29, 1.82) is 0 Å². The van der Waals surface area contributed by atoms with Gasteiger partial charge in [0.1, 0.15) is 5.70 Å². The smallest absolute Gasteiger partial charge is 0.267 e. The Hall–Kier alpha value is -1.61. The molecule has 0 fully saturated rings. The highest BCUT2D eigenvalue weighted by Crippen LogP contribution is 2.01. The minimum atomic E-state index is -0.508. The number of nitrogens with zero attached hydrogens (tertiary/aromatic N) is 1. The van der Waals surface area contributed by atoms with Crippen molar-refractivity contribution in [2.75, 3.05) is 0 Å². The molecule has 0 bridgehead atoms. The van der Waals surface area contributed by atoms with Crippen LogP contribution in [0.5, 0.6) is 0 Å². The minimum absolute atomic E-state index is 0. The zero-order valence-corrected chi connectivity index (χ0v) is 8.17. The third kappa shape index (κ3) is 1.42. The number of halogens is 1. The van der Waals surface area contributed by atoms with Crippen molar-refractivity contribution >= 4 is 36.8 Å². The van der Waals surface area contributed by atoms with E-state index >= 15 is 0 Å². The summed E-state index contributed by atoms with van der Waals surface area (Å²) in [7, 11) is 0. The number of benzene rings is 1. The van der Waals surface area contributed by atoms with Gasteiger partial charge in [-0.3, -0.25) is 4.79 Å². The number of carbonyl (C=O) groups is 1. The topological polar surface area (TPSA) is 55.5 Å². The lowest BCUT2D eigenvalue weighted by molar-refractivity contribution is -0.112. The molecule has 0 aromatic heterocycles. The van der Waals surface area contributed by atoms with Crippen molar-refractivity contribution in [3.05, 3.63) is 34.2 Å². The van der Waals surface area contributed by atoms with Gasteiger partial charge in [0.2, 0.25) is 0 Å². The van der Waals surface area contributed by atoms with Crippen LogP contribution in [0.25, 0.3) is 12.3 Å². The van der Waals surface area contributed by atoms with Gasteiger partial charge in [0.05, 0.1) is 0 Å². The predicted molar refractivity (Wildman–Crippen MR) is 58.7 cm³/mol. The number of hydrogen-bond acceptors (Lipinski definition) is 2. The van der Waals surface area contributed by atoms with Crippen molar-refractivity contribution in [2.24, 2.45) is 10.7 Å². The molecule has 1 aliphatic heterocycles. The van der Waals surface area contributed by atoms with Crippen LogP contribution < -0.4 is 16.2 Å². The van der Waals surface area contributed by atoms with Gasteiger partial charge < -0.3 is 5.73 Å². The fraction of sp³-hybridized carbons (Fsp3) is 0. The summed E-state index contributed by atoms with van der Waals surface area (Å²) in [5.41, 5.74) is 6.37. The number of aliphatic imine (C=N–C) groups is 1. The average Bonchev–Trinajstić information content (AvgIpc) is 2.49. The van der Waals surface area contributed by atoms with Crippen LogP contribution in [0.2, 0.25) is 0 Å². The average molecular weight is 209 g/mol. The fourth-order valence-electron chi connectivity index (χ4n) is 1.40. The summed E-state index contributed by atoms with van der Waals surface area (Å²) >= 11 is 0. The lowest BCUT2D eigenvalue weighted by Crippen LogP contribution is -2.30. The van der Waals surface area contributed by atoms with Gasteiger partial charge in [0, 0.05) is 17.0 Å². The molecule has 0 radical (unpaired) electrons. The maximum atomic E-state index is 11.0. The van der Waals surface area contributed by atoms with E-state index in [9.17, 15) is 4.79 Å². The zero-order chi connectivity index (χ0) is 9.42. The second-order valence-electron chi connectivity index (χ2n) is 2.85. The van der Waals surface area contributed by atoms with Gasteiger partial charge in [-0.1, -0.05) is 24.8 Å². The Morgan fingerprint density at radius 3 is 2.79 bits per heavy atom. The quantitative estimate of drug-likeness (QED) is 0.668. The number of fused-ring (bicyclic) bond motifs is 1. The second kappa shape index (κ2) is 3.64. The molecule has 2 rings (SSSR count). The van der Waals surface area contributed by atoms with E-state index in [4.69, 9.17) is 5.73 Å². The van der Waals surface area contributed by atoms with E-state index in [0.29, 0.717) is 5.70 Å². The highest BCUT2D eigenvalue weighted by molar-refractivity contribution is 6.16. The molecule has 2 N–H and O–H groups in total. The van der Waals surface area contributed by atoms with Gasteiger partial charge in [0.15, 0.2) is 0 Å². The summed E-state index contributed by atoms with van der Waals surface area (Å²) in [6.45, 7) is 3.82. The molecule has 4 heteroatoms. The van der Waals surface area contributed by atoms with E-state index < -0.39 is 5.91 Å². The molecule has 0 aliphatic carbocycles. The molecule has 0 saturated heterocycles. The van der Waals surface area contributed by atoms with Gasteiger partial charge in [-0.2, -0.15) is 0 Å². The number of nitrogens with two attached hydrogens (primary N) is 1. The van der Waals surface area contributed by atoms with Crippen LogP contribution in [-0.2, 0) is 4.79 Å². The molecule has 1 aliphatic rings. The molecule has 1 amide bonds. The Morgan fingerprint density at radius 2 is 2.14 bits per heavy atom. The number of rotatable bonds is 1. The van der Waals surface area contributed by atoms with E-state index in [-0.39, 0.29) is 12.4 Å². The molecule has 1 aromatic carbocycles. The molecule has 0 unspecified atom stereocenters. The molecule has 14 heavy (non-hydrogen) atoms. The molecule has 1 heterocycles. The first kappa shape index (κ1) is 10.5. The maximum absolute atomic E-state index is 11.0. The van der Waals surface area contributed by atoms with Crippen LogP contribution in [-0.4, -0.2) is 12.1 Å². The summed E-state index contributed by atoms with van der Waals surface area (Å²) in [5, 5.41) is 1.54. The lowest BCUT2D eigenvalue weighted by atomic mass is 10.1. The van der Waals surface area contributed by atoms with Gasteiger partial charge in [0.25, 0.3) is 5.91 Å². The number of hydrogen-bond donors (Lipinski definition) is 1. The Morgan fingerprint density at radius 1 is 1.43 bits per heavy atom. The molecule has 3 nitrogen and oxygen atoms in total. The highest BCUT2D eigenvalue weighted by Gasteiger charge is 2.11. The van der Waals surface area contributed by atoms with Crippen LogP contribution in [0.4, 0.5) is 0 Å². The van der Waals surface area contributed by atoms with Crippen molar-refractivity contribution < 1.29 is 4.79 Å². The number of primary amides is 1. The molecule has 1 aromatic rings.